The predicted molar refractivity (Wildman–Crippen MR) is 72.1 cm³/mol. The van der Waals surface area contributed by atoms with E-state index in [9.17, 15) is 4.79 Å². The lowest BCUT2D eigenvalue weighted by atomic mass is 10.2. The number of carbonyl (C=O) groups excluding carboxylic acids is 1. The summed E-state index contributed by atoms with van der Waals surface area (Å²) in [7, 11) is 1.61. The third kappa shape index (κ3) is 4.75. The third-order valence-electron chi connectivity index (χ3n) is 2.24. The maximum atomic E-state index is 11.7. The van der Waals surface area contributed by atoms with Gasteiger partial charge >= 0.3 is 0 Å². The molecular formula is C12H17BrN2O2. The van der Waals surface area contributed by atoms with Gasteiger partial charge in [0, 0.05) is 23.8 Å². The number of nitrogens with one attached hydrogen (secondary N) is 2. The van der Waals surface area contributed by atoms with Gasteiger partial charge in [-0.05, 0) is 35.0 Å². The van der Waals surface area contributed by atoms with Gasteiger partial charge in [-0.25, -0.2) is 0 Å². The molecule has 94 valence electrons. The zero-order valence-corrected chi connectivity index (χ0v) is 11.6. The number of methoxy groups -OCH3 is 1. The highest BCUT2D eigenvalue weighted by Gasteiger charge is 2.12. The molecule has 0 bridgehead atoms. The molecule has 0 aromatic heterocycles. The van der Waals surface area contributed by atoms with Crippen LogP contribution in [0.2, 0.25) is 0 Å². The highest BCUT2D eigenvalue weighted by Crippen LogP contribution is 2.21. The minimum absolute atomic E-state index is 0.0437. The van der Waals surface area contributed by atoms with Gasteiger partial charge in [0.1, 0.15) is 6.04 Å². The van der Waals surface area contributed by atoms with Gasteiger partial charge in [0.05, 0.1) is 6.61 Å². The Morgan fingerprint density at radius 3 is 2.82 bits per heavy atom. The van der Waals surface area contributed by atoms with Crippen molar-refractivity contribution < 1.29 is 9.53 Å². The summed E-state index contributed by atoms with van der Waals surface area (Å²) in [5.74, 6) is -0.0437. The van der Waals surface area contributed by atoms with E-state index in [-0.39, 0.29) is 11.9 Å². The Morgan fingerprint density at radius 2 is 2.18 bits per heavy atom. The van der Waals surface area contributed by atoms with Crippen molar-refractivity contribution in [1.82, 2.24) is 5.32 Å². The highest BCUT2D eigenvalue weighted by molar-refractivity contribution is 9.10. The van der Waals surface area contributed by atoms with Crippen molar-refractivity contribution >= 4 is 27.5 Å². The Balaban J connectivity index is 2.46. The fourth-order valence-corrected chi connectivity index (χ4v) is 1.71. The minimum Gasteiger partial charge on any atom is -0.383 e. The Bertz CT molecular complexity index is 371. The summed E-state index contributed by atoms with van der Waals surface area (Å²) in [6.07, 6.45) is 0. The Kier molecular flexibility index (Phi) is 6.00. The molecule has 2 N–H and O–H groups in total. The van der Waals surface area contributed by atoms with E-state index in [1.165, 1.54) is 0 Å². The Hall–Kier alpha value is -1.07. The number of para-hydroxylation sites is 1. The normalized spacial score (nSPS) is 11.9. The van der Waals surface area contributed by atoms with Crippen molar-refractivity contribution in [1.29, 1.82) is 0 Å². The summed E-state index contributed by atoms with van der Waals surface area (Å²) < 4.78 is 5.81. The molecule has 0 saturated carbocycles. The highest BCUT2D eigenvalue weighted by atomic mass is 79.9. The van der Waals surface area contributed by atoms with Crippen LogP contribution in [0.1, 0.15) is 6.92 Å². The SMILES string of the molecule is COCCNC(=O)C(C)Nc1ccccc1Br. The molecule has 4 nitrogen and oxygen atoms in total. The fourth-order valence-electron chi connectivity index (χ4n) is 1.31. The van der Waals surface area contributed by atoms with Gasteiger partial charge in [0.25, 0.3) is 0 Å². The summed E-state index contributed by atoms with van der Waals surface area (Å²) >= 11 is 3.42. The molecule has 0 radical (unpaired) electrons. The largest absolute Gasteiger partial charge is 0.383 e. The number of anilines is 1. The molecule has 1 amide bonds. The van der Waals surface area contributed by atoms with Gasteiger partial charge in [0.2, 0.25) is 5.91 Å². The summed E-state index contributed by atoms with van der Waals surface area (Å²) in [5, 5.41) is 5.92. The number of ether oxygens (including phenoxy) is 1. The van der Waals surface area contributed by atoms with Gasteiger partial charge < -0.3 is 15.4 Å². The molecule has 0 aliphatic rings. The molecular weight excluding hydrogens is 284 g/mol. The van der Waals surface area contributed by atoms with Crippen LogP contribution in [0, 0.1) is 0 Å². The average Bonchev–Trinajstić information content (AvgIpc) is 2.32. The number of rotatable bonds is 6. The van der Waals surface area contributed by atoms with Crippen LogP contribution in [-0.4, -0.2) is 32.2 Å². The first-order valence-corrected chi connectivity index (χ1v) is 6.22. The Morgan fingerprint density at radius 1 is 1.47 bits per heavy atom. The standard InChI is InChI=1S/C12H17BrN2O2/c1-9(12(16)14-7-8-17-2)15-11-6-4-3-5-10(11)13/h3-6,9,15H,7-8H2,1-2H3,(H,14,16). The number of carbonyl (C=O) groups is 1. The van der Waals surface area contributed by atoms with E-state index in [1.54, 1.807) is 7.11 Å². The van der Waals surface area contributed by atoms with Gasteiger partial charge in [-0.3, -0.25) is 4.79 Å². The quantitative estimate of drug-likeness (QED) is 0.790. The van der Waals surface area contributed by atoms with Crippen LogP contribution in [0.5, 0.6) is 0 Å². The van der Waals surface area contributed by atoms with Crippen LogP contribution in [0.4, 0.5) is 5.69 Å². The first-order valence-electron chi connectivity index (χ1n) is 5.43. The van der Waals surface area contributed by atoms with Crippen LogP contribution < -0.4 is 10.6 Å². The third-order valence-corrected chi connectivity index (χ3v) is 2.94. The van der Waals surface area contributed by atoms with Crippen LogP contribution in [0.3, 0.4) is 0 Å². The lowest BCUT2D eigenvalue weighted by molar-refractivity contribution is -0.121. The second-order valence-electron chi connectivity index (χ2n) is 3.63. The molecule has 0 heterocycles. The lowest BCUT2D eigenvalue weighted by Gasteiger charge is -2.16. The topological polar surface area (TPSA) is 50.4 Å². The maximum absolute atomic E-state index is 11.7. The summed E-state index contributed by atoms with van der Waals surface area (Å²) in [5.41, 5.74) is 0.905. The molecule has 1 aromatic rings. The van der Waals surface area contributed by atoms with E-state index >= 15 is 0 Å². The molecule has 1 aromatic carbocycles. The van der Waals surface area contributed by atoms with Crippen molar-refractivity contribution in [2.24, 2.45) is 0 Å². The van der Waals surface area contributed by atoms with Crippen molar-refractivity contribution in [3.05, 3.63) is 28.7 Å². The molecule has 0 aliphatic carbocycles. The van der Waals surface area contributed by atoms with Crippen molar-refractivity contribution in [3.8, 4) is 0 Å². The van der Waals surface area contributed by atoms with Gasteiger partial charge in [-0.1, -0.05) is 12.1 Å². The summed E-state index contributed by atoms with van der Waals surface area (Å²) in [6.45, 7) is 2.87. The monoisotopic (exact) mass is 300 g/mol. The molecule has 0 spiro atoms. The van der Waals surface area contributed by atoms with E-state index in [4.69, 9.17) is 4.74 Å². The summed E-state index contributed by atoms with van der Waals surface area (Å²) in [4.78, 5) is 11.7. The summed E-state index contributed by atoms with van der Waals surface area (Å²) in [6, 6.07) is 7.41. The number of benzene rings is 1. The lowest BCUT2D eigenvalue weighted by Crippen LogP contribution is -2.39. The van der Waals surface area contributed by atoms with Gasteiger partial charge in [-0.15, -0.1) is 0 Å². The van der Waals surface area contributed by atoms with Crippen LogP contribution in [0.15, 0.2) is 28.7 Å². The van der Waals surface area contributed by atoms with Crippen LogP contribution in [-0.2, 0) is 9.53 Å². The zero-order valence-electron chi connectivity index (χ0n) is 10.00. The van der Waals surface area contributed by atoms with E-state index in [0.717, 1.165) is 10.2 Å². The molecule has 0 fully saturated rings. The van der Waals surface area contributed by atoms with Crippen LogP contribution >= 0.6 is 15.9 Å². The fraction of sp³-hybridized carbons (Fsp3) is 0.417. The van der Waals surface area contributed by atoms with Crippen LogP contribution in [0.25, 0.3) is 0 Å². The van der Waals surface area contributed by atoms with Crippen molar-refractivity contribution in [2.45, 2.75) is 13.0 Å². The molecule has 5 heteroatoms. The minimum atomic E-state index is -0.287. The second kappa shape index (κ2) is 7.29. The second-order valence-corrected chi connectivity index (χ2v) is 4.48. The number of hydrogen-bond donors (Lipinski definition) is 2. The number of hydrogen-bond acceptors (Lipinski definition) is 3. The molecule has 0 aliphatic heterocycles. The van der Waals surface area contributed by atoms with E-state index in [0.29, 0.717) is 13.2 Å². The molecule has 1 rings (SSSR count). The molecule has 1 atom stereocenters. The van der Waals surface area contributed by atoms with E-state index in [1.807, 2.05) is 31.2 Å². The number of amides is 1. The predicted octanol–water partition coefficient (Wildman–Crippen LogP) is 2.01. The first-order chi connectivity index (χ1) is 8.15. The van der Waals surface area contributed by atoms with E-state index in [2.05, 4.69) is 26.6 Å². The number of halogens is 1. The average molecular weight is 301 g/mol. The van der Waals surface area contributed by atoms with Gasteiger partial charge in [-0.2, -0.15) is 0 Å². The van der Waals surface area contributed by atoms with Crippen molar-refractivity contribution in [2.75, 3.05) is 25.6 Å². The smallest absolute Gasteiger partial charge is 0.242 e. The zero-order chi connectivity index (χ0) is 12.7. The first kappa shape index (κ1) is 14.0. The maximum Gasteiger partial charge on any atom is 0.242 e. The Labute approximate surface area is 110 Å². The van der Waals surface area contributed by atoms with E-state index < -0.39 is 0 Å². The van der Waals surface area contributed by atoms with Gasteiger partial charge in [0.15, 0.2) is 0 Å². The molecule has 0 saturated heterocycles. The molecule has 17 heavy (non-hydrogen) atoms. The van der Waals surface area contributed by atoms with Crippen molar-refractivity contribution in [3.63, 3.8) is 0 Å². The molecule has 1 unspecified atom stereocenters.